The van der Waals surface area contributed by atoms with Crippen LogP contribution in [0.15, 0.2) is 24.3 Å². The van der Waals surface area contributed by atoms with Gasteiger partial charge in [0.2, 0.25) is 0 Å². The average molecular weight is 289 g/mol. The van der Waals surface area contributed by atoms with Crippen LogP contribution in [0.2, 0.25) is 0 Å². The summed E-state index contributed by atoms with van der Waals surface area (Å²) < 4.78 is 16.6. The Kier molecular flexibility index (Phi) is 4.52. The quantitative estimate of drug-likeness (QED) is 0.938. The van der Waals surface area contributed by atoms with Crippen LogP contribution in [0.3, 0.4) is 0 Å². The van der Waals surface area contributed by atoms with Crippen molar-refractivity contribution in [2.24, 2.45) is 0 Å². The second-order valence-electron chi connectivity index (χ2n) is 4.43. The Balaban J connectivity index is 2.76. The zero-order valence-corrected chi connectivity index (χ0v) is 12.6. The van der Waals surface area contributed by atoms with Crippen molar-refractivity contribution in [1.29, 1.82) is 0 Å². The Morgan fingerprint density at radius 2 is 1.76 bits per heavy atom. The Morgan fingerprint density at radius 3 is 2.29 bits per heavy atom. The number of methoxy groups -OCH3 is 1. The average Bonchev–Trinajstić information content (AvgIpc) is 2.51. The number of fused-ring (bicyclic) bond motifs is 1. The molecule has 0 radical (unpaired) electrons. The van der Waals surface area contributed by atoms with E-state index < -0.39 is 6.09 Å². The van der Waals surface area contributed by atoms with Crippen LogP contribution in [-0.4, -0.2) is 26.9 Å². The van der Waals surface area contributed by atoms with Gasteiger partial charge in [0.1, 0.15) is 5.75 Å². The molecule has 112 valence electrons. The summed E-state index contributed by atoms with van der Waals surface area (Å²) in [5.41, 5.74) is 0.803. The summed E-state index contributed by atoms with van der Waals surface area (Å²) in [5, 5.41) is 4.10. The molecule has 0 atom stereocenters. The van der Waals surface area contributed by atoms with Crippen LogP contribution in [0.4, 0.5) is 4.79 Å². The van der Waals surface area contributed by atoms with E-state index in [2.05, 4.69) is 5.32 Å². The molecule has 2 rings (SSSR count). The fourth-order valence-electron chi connectivity index (χ4n) is 2.30. The van der Waals surface area contributed by atoms with Gasteiger partial charge >= 0.3 is 6.09 Å². The number of hydrogen-bond acceptors (Lipinski definition) is 4. The molecular weight excluding hydrogens is 270 g/mol. The van der Waals surface area contributed by atoms with Gasteiger partial charge in [-0.25, -0.2) is 4.79 Å². The van der Waals surface area contributed by atoms with E-state index in [0.717, 1.165) is 22.1 Å². The van der Waals surface area contributed by atoms with Crippen LogP contribution < -0.4 is 19.5 Å². The molecule has 0 fully saturated rings. The lowest BCUT2D eigenvalue weighted by atomic mass is 10.0. The van der Waals surface area contributed by atoms with Crippen LogP contribution in [0.25, 0.3) is 10.8 Å². The second kappa shape index (κ2) is 6.35. The van der Waals surface area contributed by atoms with E-state index in [9.17, 15) is 4.79 Å². The maximum Gasteiger partial charge on any atom is 0.412 e. The van der Waals surface area contributed by atoms with Crippen molar-refractivity contribution in [3.63, 3.8) is 0 Å². The van der Waals surface area contributed by atoms with Crippen LogP contribution in [0.1, 0.15) is 12.5 Å². The first-order valence-corrected chi connectivity index (χ1v) is 6.75. The van der Waals surface area contributed by atoms with E-state index in [4.69, 9.17) is 14.2 Å². The van der Waals surface area contributed by atoms with E-state index in [1.807, 2.05) is 38.1 Å². The third kappa shape index (κ3) is 2.72. The lowest BCUT2D eigenvalue weighted by molar-refractivity contribution is 0.201. The lowest BCUT2D eigenvalue weighted by Gasteiger charge is -2.18. The van der Waals surface area contributed by atoms with Gasteiger partial charge in [-0.05, 0) is 13.8 Å². The van der Waals surface area contributed by atoms with Gasteiger partial charge < -0.3 is 19.5 Å². The molecule has 2 aromatic rings. The fourth-order valence-corrected chi connectivity index (χ4v) is 2.30. The van der Waals surface area contributed by atoms with E-state index >= 15 is 0 Å². The smallest absolute Gasteiger partial charge is 0.412 e. The number of nitrogens with one attached hydrogen (secondary N) is 1. The summed E-state index contributed by atoms with van der Waals surface area (Å²) >= 11 is 0. The topological polar surface area (TPSA) is 56.8 Å². The molecule has 0 heterocycles. The number of benzene rings is 2. The summed E-state index contributed by atoms with van der Waals surface area (Å²) in [7, 11) is 3.06. The summed E-state index contributed by atoms with van der Waals surface area (Å²) in [5.74, 6) is 1.64. The van der Waals surface area contributed by atoms with Crippen molar-refractivity contribution in [3.8, 4) is 17.2 Å². The van der Waals surface area contributed by atoms with Crippen LogP contribution >= 0.6 is 0 Å². The van der Waals surface area contributed by atoms with Gasteiger partial charge in [-0.2, -0.15) is 0 Å². The van der Waals surface area contributed by atoms with E-state index in [1.54, 1.807) is 7.11 Å². The van der Waals surface area contributed by atoms with Crippen molar-refractivity contribution < 1.29 is 19.0 Å². The van der Waals surface area contributed by atoms with Crippen LogP contribution in [0.5, 0.6) is 17.2 Å². The van der Waals surface area contributed by atoms with Gasteiger partial charge in [-0.1, -0.05) is 24.3 Å². The summed E-state index contributed by atoms with van der Waals surface area (Å²) in [4.78, 5) is 11.6. The number of ether oxygens (including phenoxy) is 3. The summed E-state index contributed by atoms with van der Waals surface area (Å²) in [6, 6.07) is 7.60. The second-order valence-corrected chi connectivity index (χ2v) is 4.43. The van der Waals surface area contributed by atoms with Crippen molar-refractivity contribution in [2.75, 3.05) is 20.8 Å². The van der Waals surface area contributed by atoms with Crippen molar-refractivity contribution >= 4 is 16.9 Å². The number of carbonyl (C=O) groups excluding carboxylic acids is 1. The molecule has 1 N–H and O–H groups in total. The first-order valence-electron chi connectivity index (χ1n) is 6.75. The van der Waals surface area contributed by atoms with Crippen LogP contribution in [0, 0.1) is 6.92 Å². The molecule has 21 heavy (non-hydrogen) atoms. The highest BCUT2D eigenvalue weighted by atomic mass is 16.6. The molecule has 0 aliphatic heterocycles. The van der Waals surface area contributed by atoms with Crippen molar-refractivity contribution in [3.05, 3.63) is 29.8 Å². The zero-order valence-electron chi connectivity index (χ0n) is 12.6. The van der Waals surface area contributed by atoms with Gasteiger partial charge in [0, 0.05) is 23.4 Å². The minimum absolute atomic E-state index is 0.397. The Hall–Kier alpha value is -2.43. The molecule has 0 saturated carbocycles. The predicted molar refractivity (Wildman–Crippen MR) is 81.5 cm³/mol. The van der Waals surface area contributed by atoms with E-state index in [1.165, 1.54) is 7.05 Å². The zero-order chi connectivity index (χ0) is 15.4. The molecule has 0 spiro atoms. The first kappa shape index (κ1) is 15.0. The minimum Gasteiger partial charge on any atom is -0.493 e. The van der Waals surface area contributed by atoms with E-state index in [0.29, 0.717) is 18.1 Å². The molecule has 0 aromatic heterocycles. The van der Waals surface area contributed by atoms with Gasteiger partial charge in [-0.3, -0.25) is 0 Å². The number of amides is 1. The largest absolute Gasteiger partial charge is 0.493 e. The third-order valence-electron chi connectivity index (χ3n) is 3.20. The summed E-state index contributed by atoms with van der Waals surface area (Å²) in [6.45, 7) is 4.35. The van der Waals surface area contributed by atoms with Gasteiger partial charge in [0.25, 0.3) is 0 Å². The van der Waals surface area contributed by atoms with Crippen molar-refractivity contribution in [1.82, 2.24) is 5.32 Å². The standard InChI is InChI=1S/C16H19NO4/c1-5-20-13-10(2)14(19-4)15(21-16(18)17-3)12-9-7-6-8-11(12)13/h6-9H,5H2,1-4H3,(H,17,18). The number of carbonyl (C=O) groups is 1. The number of rotatable bonds is 4. The molecule has 5 heteroatoms. The molecule has 0 unspecified atom stereocenters. The highest BCUT2D eigenvalue weighted by Gasteiger charge is 2.21. The predicted octanol–water partition coefficient (Wildman–Crippen LogP) is 3.27. The molecule has 2 aromatic carbocycles. The highest BCUT2D eigenvalue weighted by molar-refractivity contribution is 5.98. The van der Waals surface area contributed by atoms with Crippen LogP contribution in [-0.2, 0) is 0 Å². The molecule has 0 bridgehead atoms. The molecular formula is C16H19NO4. The third-order valence-corrected chi connectivity index (χ3v) is 3.20. The molecule has 0 saturated heterocycles. The van der Waals surface area contributed by atoms with Gasteiger partial charge in [-0.15, -0.1) is 0 Å². The highest BCUT2D eigenvalue weighted by Crippen LogP contribution is 2.45. The maximum atomic E-state index is 11.6. The molecule has 5 nitrogen and oxygen atoms in total. The van der Waals surface area contributed by atoms with E-state index in [-0.39, 0.29) is 0 Å². The molecule has 0 aliphatic carbocycles. The Morgan fingerprint density at radius 1 is 1.14 bits per heavy atom. The monoisotopic (exact) mass is 289 g/mol. The van der Waals surface area contributed by atoms with Crippen molar-refractivity contribution in [2.45, 2.75) is 13.8 Å². The summed E-state index contributed by atoms with van der Waals surface area (Å²) in [6.07, 6.45) is -0.540. The van der Waals surface area contributed by atoms with Gasteiger partial charge in [0.05, 0.1) is 13.7 Å². The molecule has 0 aliphatic rings. The number of hydrogen-bond donors (Lipinski definition) is 1. The Labute approximate surface area is 123 Å². The lowest BCUT2D eigenvalue weighted by Crippen LogP contribution is -2.22. The normalized spacial score (nSPS) is 10.3. The SMILES string of the molecule is CCOc1c(C)c(OC)c(OC(=O)NC)c2ccccc12. The minimum atomic E-state index is -0.540. The fraction of sp³-hybridized carbons (Fsp3) is 0.312. The first-order chi connectivity index (χ1) is 10.1. The maximum absolute atomic E-state index is 11.6. The van der Waals surface area contributed by atoms with Gasteiger partial charge in [0.15, 0.2) is 11.5 Å². The molecule has 1 amide bonds. The Bertz CT molecular complexity index is 667.